The van der Waals surface area contributed by atoms with Crippen molar-refractivity contribution in [2.24, 2.45) is 0 Å². The molecule has 15 heavy (non-hydrogen) atoms. The minimum Gasteiger partial charge on any atom is -0.506 e. The molecule has 0 atom stereocenters. The Morgan fingerprint density at radius 2 is 2.07 bits per heavy atom. The second-order valence-electron chi connectivity index (χ2n) is 3.19. The smallest absolute Gasteiger partial charge is 0.298 e. The van der Waals surface area contributed by atoms with E-state index in [9.17, 15) is 13.5 Å². The summed E-state index contributed by atoms with van der Waals surface area (Å²) >= 11 is 0. The standard InChI is InChI=1S/C10H12O4S/c1-3-4-8-6-5-7(2)9(11)10(8)15(12,13)14/h3,5-6,11H,1,4H2,2H3,(H,12,13,14). The van der Waals surface area contributed by atoms with Crippen molar-refractivity contribution in [3.8, 4) is 5.75 Å². The average Bonchev–Trinajstić information content (AvgIpc) is 2.10. The minimum atomic E-state index is -4.41. The highest BCUT2D eigenvalue weighted by Gasteiger charge is 2.20. The Morgan fingerprint density at radius 1 is 1.47 bits per heavy atom. The van der Waals surface area contributed by atoms with Crippen LogP contribution in [0.1, 0.15) is 11.1 Å². The van der Waals surface area contributed by atoms with E-state index in [-0.39, 0.29) is 6.42 Å². The van der Waals surface area contributed by atoms with Crippen molar-refractivity contribution in [2.45, 2.75) is 18.2 Å². The van der Waals surface area contributed by atoms with E-state index in [4.69, 9.17) is 4.55 Å². The number of phenols is 1. The van der Waals surface area contributed by atoms with Gasteiger partial charge in [-0.1, -0.05) is 18.2 Å². The second-order valence-corrected chi connectivity index (χ2v) is 4.55. The molecule has 0 aromatic heterocycles. The quantitative estimate of drug-likeness (QED) is 0.609. The molecule has 0 fully saturated rings. The van der Waals surface area contributed by atoms with E-state index in [0.717, 1.165) is 0 Å². The van der Waals surface area contributed by atoms with Gasteiger partial charge in [-0.2, -0.15) is 8.42 Å². The van der Waals surface area contributed by atoms with Gasteiger partial charge < -0.3 is 5.11 Å². The second kappa shape index (κ2) is 4.04. The van der Waals surface area contributed by atoms with Crippen LogP contribution < -0.4 is 0 Å². The topological polar surface area (TPSA) is 74.6 Å². The lowest BCUT2D eigenvalue weighted by Crippen LogP contribution is -2.04. The van der Waals surface area contributed by atoms with Crippen LogP contribution in [0, 0.1) is 6.92 Å². The summed E-state index contributed by atoms with van der Waals surface area (Å²) in [4.78, 5) is -0.428. The van der Waals surface area contributed by atoms with Crippen LogP contribution in [0.2, 0.25) is 0 Å². The molecule has 4 nitrogen and oxygen atoms in total. The van der Waals surface area contributed by atoms with E-state index in [0.29, 0.717) is 11.1 Å². The van der Waals surface area contributed by atoms with Crippen molar-refractivity contribution in [1.82, 2.24) is 0 Å². The zero-order chi connectivity index (χ0) is 11.6. The largest absolute Gasteiger partial charge is 0.506 e. The summed E-state index contributed by atoms with van der Waals surface area (Å²) in [6.07, 6.45) is 1.77. The molecular weight excluding hydrogens is 216 g/mol. The number of aryl methyl sites for hydroxylation is 1. The maximum Gasteiger partial charge on any atom is 0.298 e. The Kier molecular flexibility index (Phi) is 3.16. The predicted octanol–water partition coefficient (Wildman–Crippen LogP) is 1.68. The first-order valence-electron chi connectivity index (χ1n) is 4.27. The molecule has 0 spiro atoms. The van der Waals surface area contributed by atoms with Crippen molar-refractivity contribution in [3.63, 3.8) is 0 Å². The Morgan fingerprint density at radius 3 is 2.53 bits per heavy atom. The van der Waals surface area contributed by atoms with Gasteiger partial charge in [-0.3, -0.25) is 4.55 Å². The first kappa shape index (κ1) is 11.7. The molecule has 82 valence electrons. The van der Waals surface area contributed by atoms with Gasteiger partial charge in [0.05, 0.1) is 0 Å². The predicted molar refractivity (Wildman–Crippen MR) is 56.6 cm³/mol. The first-order valence-corrected chi connectivity index (χ1v) is 5.71. The third-order valence-corrected chi connectivity index (χ3v) is 3.01. The average molecular weight is 228 g/mol. The fourth-order valence-corrected chi connectivity index (χ4v) is 2.20. The molecule has 0 saturated heterocycles. The molecule has 0 heterocycles. The molecule has 0 aliphatic carbocycles. The lowest BCUT2D eigenvalue weighted by Gasteiger charge is -2.09. The van der Waals surface area contributed by atoms with Gasteiger partial charge in [0.15, 0.2) is 0 Å². The lowest BCUT2D eigenvalue weighted by atomic mass is 10.1. The third kappa shape index (κ3) is 2.37. The van der Waals surface area contributed by atoms with Crippen LogP contribution in [0.4, 0.5) is 0 Å². The van der Waals surface area contributed by atoms with Gasteiger partial charge >= 0.3 is 0 Å². The van der Waals surface area contributed by atoms with E-state index in [1.54, 1.807) is 19.1 Å². The highest BCUT2D eigenvalue weighted by atomic mass is 32.2. The molecule has 1 aromatic rings. The summed E-state index contributed by atoms with van der Waals surface area (Å²) in [6, 6.07) is 3.13. The van der Waals surface area contributed by atoms with Crippen LogP contribution >= 0.6 is 0 Å². The first-order chi connectivity index (χ1) is 6.88. The van der Waals surface area contributed by atoms with Crippen molar-refractivity contribution in [2.75, 3.05) is 0 Å². The summed E-state index contributed by atoms with van der Waals surface area (Å²) < 4.78 is 31.1. The van der Waals surface area contributed by atoms with Gasteiger partial charge in [0.25, 0.3) is 10.1 Å². The molecule has 0 aliphatic rings. The molecule has 0 aliphatic heterocycles. The minimum absolute atomic E-state index is 0.267. The van der Waals surface area contributed by atoms with Crippen LogP contribution in [0.3, 0.4) is 0 Å². The highest BCUT2D eigenvalue weighted by molar-refractivity contribution is 7.86. The summed E-state index contributed by atoms with van der Waals surface area (Å²) in [7, 11) is -4.41. The summed E-state index contributed by atoms with van der Waals surface area (Å²) in [5.74, 6) is -0.406. The Hall–Kier alpha value is -1.33. The van der Waals surface area contributed by atoms with Crippen LogP contribution in [0.5, 0.6) is 5.75 Å². The fraction of sp³-hybridized carbons (Fsp3) is 0.200. The summed E-state index contributed by atoms with van der Waals surface area (Å²) in [6.45, 7) is 5.03. The van der Waals surface area contributed by atoms with Crippen molar-refractivity contribution >= 4 is 10.1 Å². The number of benzene rings is 1. The lowest BCUT2D eigenvalue weighted by molar-refractivity contribution is 0.438. The molecular formula is C10H12O4S. The molecule has 0 saturated carbocycles. The normalized spacial score (nSPS) is 11.3. The van der Waals surface area contributed by atoms with Gasteiger partial charge in [0.2, 0.25) is 0 Å². The highest BCUT2D eigenvalue weighted by Crippen LogP contribution is 2.30. The van der Waals surface area contributed by atoms with Gasteiger partial charge in [0.1, 0.15) is 10.6 Å². The van der Waals surface area contributed by atoms with E-state index in [2.05, 4.69) is 6.58 Å². The van der Waals surface area contributed by atoms with E-state index >= 15 is 0 Å². The molecule has 1 rings (SSSR count). The van der Waals surface area contributed by atoms with Gasteiger partial charge in [0, 0.05) is 0 Å². The van der Waals surface area contributed by atoms with Crippen molar-refractivity contribution in [3.05, 3.63) is 35.9 Å². The molecule has 5 heteroatoms. The third-order valence-electron chi connectivity index (χ3n) is 2.04. The Bertz CT molecular complexity index is 488. The fourth-order valence-electron chi connectivity index (χ4n) is 1.32. The zero-order valence-corrected chi connectivity index (χ0v) is 9.08. The van der Waals surface area contributed by atoms with Crippen LogP contribution in [0.25, 0.3) is 0 Å². The maximum atomic E-state index is 11.1. The number of hydrogen-bond acceptors (Lipinski definition) is 3. The van der Waals surface area contributed by atoms with Gasteiger partial charge in [-0.05, 0) is 24.5 Å². The van der Waals surface area contributed by atoms with Crippen molar-refractivity contribution in [1.29, 1.82) is 0 Å². The molecule has 1 aromatic carbocycles. The van der Waals surface area contributed by atoms with E-state index in [1.165, 1.54) is 6.08 Å². The number of phenolic OH excluding ortho intramolecular Hbond substituents is 1. The van der Waals surface area contributed by atoms with E-state index < -0.39 is 20.8 Å². The zero-order valence-electron chi connectivity index (χ0n) is 8.27. The summed E-state index contributed by atoms with van der Waals surface area (Å²) in [5.41, 5.74) is 0.728. The molecule has 0 amide bonds. The number of allylic oxidation sites excluding steroid dienone is 1. The maximum absolute atomic E-state index is 11.1. The van der Waals surface area contributed by atoms with Crippen LogP contribution in [0.15, 0.2) is 29.7 Å². The Labute approximate surface area is 88.6 Å². The number of hydrogen-bond donors (Lipinski definition) is 2. The molecule has 0 radical (unpaired) electrons. The van der Waals surface area contributed by atoms with Crippen LogP contribution in [-0.2, 0) is 16.5 Å². The molecule has 2 N–H and O–H groups in total. The van der Waals surface area contributed by atoms with Crippen molar-refractivity contribution < 1.29 is 18.1 Å². The molecule has 0 unspecified atom stereocenters. The monoisotopic (exact) mass is 228 g/mol. The van der Waals surface area contributed by atoms with Crippen LogP contribution in [-0.4, -0.2) is 18.1 Å². The van der Waals surface area contributed by atoms with Gasteiger partial charge in [-0.15, -0.1) is 6.58 Å². The number of rotatable bonds is 3. The van der Waals surface area contributed by atoms with E-state index in [1.807, 2.05) is 0 Å². The number of aromatic hydroxyl groups is 1. The van der Waals surface area contributed by atoms with Gasteiger partial charge in [-0.25, -0.2) is 0 Å². The molecule has 0 bridgehead atoms. The Balaban J connectivity index is 3.56. The summed E-state index contributed by atoms with van der Waals surface area (Å²) in [5, 5.41) is 9.57. The SMILES string of the molecule is C=CCc1ccc(C)c(O)c1S(=O)(=O)O.